The molecule has 0 bridgehead atoms. The number of halogens is 2. The molecule has 2 aromatic heterocycles. The van der Waals surface area contributed by atoms with Crippen LogP contribution < -0.4 is 4.90 Å². The summed E-state index contributed by atoms with van der Waals surface area (Å²) in [6.07, 6.45) is 4.99. The minimum Gasteiger partial charge on any atom is -0.441 e. The average Bonchev–Trinajstić information content (AvgIpc) is 3.46. The van der Waals surface area contributed by atoms with Gasteiger partial charge in [-0.2, -0.15) is 13.9 Å². The number of methoxy groups -OCH3 is 1. The lowest BCUT2D eigenvalue weighted by molar-refractivity contribution is -0.145. The summed E-state index contributed by atoms with van der Waals surface area (Å²) in [5.41, 5.74) is 4.92. The van der Waals surface area contributed by atoms with Crippen LogP contribution in [0, 0.1) is 0 Å². The van der Waals surface area contributed by atoms with Crippen molar-refractivity contribution < 1.29 is 32.5 Å². The number of piperazine rings is 1. The number of alkyl halides is 2. The largest absolute Gasteiger partial charge is 0.441 e. The van der Waals surface area contributed by atoms with E-state index in [0.29, 0.717) is 39.4 Å². The van der Waals surface area contributed by atoms with E-state index in [2.05, 4.69) is 50.0 Å². The van der Waals surface area contributed by atoms with Crippen molar-refractivity contribution in [2.24, 2.45) is 0 Å². The topological polar surface area (TPSA) is 81.0 Å². The summed E-state index contributed by atoms with van der Waals surface area (Å²) in [5, 5.41) is 4.55. The summed E-state index contributed by atoms with van der Waals surface area (Å²) in [6.45, 7) is 4.24. The van der Waals surface area contributed by atoms with Gasteiger partial charge in [0, 0.05) is 70.4 Å². The fraction of sp³-hybridized carbons (Fsp3) is 0.548. The van der Waals surface area contributed by atoms with Crippen molar-refractivity contribution in [3.63, 3.8) is 0 Å². The summed E-state index contributed by atoms with van der Waals surface area (Å²) in [5.74, 6) is 0. The number of nitrogens with zero attached hydrogens (tertiary/aromatic N) is 5. The normalized spacial score (nSPS) is 20.4. The Labute approximate surface area is 250 Å². The number of fused-ring (bicyclic) bond motifs is 1. The van der Waals surface area contributed by atoms with Crippen molar-refractivity contribution in [3.05, 3.63) is 54.4 Å². The molecule has 0 radical (unpaired) electrons. The molecule has 0 N–H and O–H groups in total. The number of likely N-dealkylation sites (tertiary alicyclic amines) is 1. The first-order chi connectivity index (χ1) is 20.8. The van der Waals surface area contributed by atoms with Crippen molar-refractivity contribution >= 4 is 17.3 Å². The molecule has 6 rings (SSSR count). The van der Waals surface area contributed by atoms with Gasteiger partial charge >= 0.3 is 12.7 Å². The molecule has 3 fully saturated rings. The predicted octanol–water partition coefficient (Wildman–Crippen LogP) is 4.22. The van der Waals surface area contributed by atoms with E-state index in [-0.39, 0.29) is 24.8 Å². The summed E-state index contributed by atoms with van der Waals surface area (Å²) in [7, 11) is 1.74. The molecule has 5 heterocycles. The minimum absolute atomic E-state index is 0.0103. The Balaban J connectivity index is 1.11. The second kappa shape index (κ2) is 12.7. The van der Waals surface area contributed by atoms with E-state index in [0.717, 1.165) is 53.8 Å². The SMILES string of the molecule is COC1(c2ccc(-c3cc4c(N5CCN(C(=O)OC6COC6)CC5)ccnn4c3)cc2)CCN([C@H](C)COC(F)F)CC1. The molecule has 3 saturated heterocycles. The first kappa shape index (κ1) is 29.7. The van der Waals surface area contributed by atoms with Crippen molar-refractivity contribution in [1.29, 1.82) is 0 Å². The van der Waals surface area contributed by atoms with Gasteiger partial charge in [0.25, 0.3) is 0 Å². The summed E-state index contributed by atoms with van der Waals surface area (Å²) in [6, 6.07) is 12.6. The Morgan fingerprint density at radius 1 is 1.05 bits per heavy atom. The highest BCUT2D eigenvalue weighted by molar-refractivity contribution is 5.80. The number of aromatic nitrogens is 2. The molecule has 1 amide bonds. The maximum absolute atomic E-state index is 12.5. The number of carbonyl (C=O) groups excluding carboxylic acids is 1. The first-order valence-electron chi connectivity index (χ1n) is 14.9. The lowest BCUT2D eigenvalue weighted by Gasteiger charge is -2.43. The van der Waals surface area contributed by atoms with Gasteiger partial charge in [0.2, 0.25) is 0 Å². The third kappa shape index (κ3) is 6.33. The first-order valence-corrected chi connectivity index (χ1v) is 14.9. The van der Waals surface area contributed by atoms with Gasteiger partial charge in [-0.15, -0.1) is 0 Å². The van der Waals surface area contributed by atoms with Crippen LogP contribution >= 0.6 is 0 Å². The van der Waals surface area contributed by atoms with Crippen LogP contribution in [0.4, 0.5) is 19.3 Å². The van der Waals surface area contributed by atoms with E-state index in [1.807, 2.05) is 29.9 Å². The zero-order valence-electron chi connectivity index (χ0n) is 24.7. The minimum atomic E-state index is -2.75. The molecular formula is C31H39F2N5O5. The van der Waals surface area contributed by atoms with Crippen molar-refractivity contribution in [2.45, 2.75) is 44.1 Å². The van der Waals surface area contributed by atoms with Gasteiger partial charge < -0.3 is 28.7 Å². The molecule has 10 nitrogen and oxygen atoms in total. The third-order valence-corrected chi connectivity index (χ3v) is 9.07. The molecular weight excluding hydrogens is 560 g/mol. The smallest absolute Gasteiger partial charge is 0.410 e. The van der Waals surface area contributed by atoms with Crippen LogP contribution in [0.15, 0.2) is 48.8 Å². The summed E-state index contributed by atoms with van der Waals surface area (Å²) in [4.78, 5) is 18.7. The van der Waals surface area contributed by atoms with Gasteiger partial charge in [-0.05, 0) is 43.0 Å². The molecule has 3 aliphatic rings. The number of ether oxygens (including phenoxy) is 4. The van der Waals surface area contributed by atoms with Crippen LogP contribution in [0.1, 0.15) is 25.3 Å². The number of amides is 1. The number of anilines is 1. The summed E-state index contributed by atoms with van der Waals surface area (Å²) >= 11 is 0. The van der Waals surface area contributed by atoms with Crippen LogP contribution in [0.25, 0.3) is 16.6 Å². The van der Waals surface area contributed by atoms with E-state index in [1.54, 1.807) is 12.0 Å². The van der Waals surface area contributed by atoms with Gasteiger partial charge in [0.15, 0.2) is 6.10 Å². The predicted molar refractivity (Wildman–Crippen MR) is 156 cm³/mol. The van der Waals surface area contributed by atoms with Crippen molar-refractivity contribution in [3.8, 4) is 11.1 Å². The molecule has 232 valence electrons. The van der Waals surface area contributed by atoms with Gasteiger partial charge in [0.05, 0.1) is 36.6 Å². The standard InChI is InChI=1S/C31H39F2N5O5/c1-22(19-42-29(32)33)35-11-8-31(40-2,9-12-35)25-5-3-23(4-6-25)24-17-28-27(7-10-34-38(28)18-24)36-13-15-37(16-14-36)30(39)43-26-20-41-21-26/h3-7,10,17-18,22,26,29H,8-9,11-16,19-21H2,1-2H3/t22-/m1/s1. The van der Waals surface area contributed by atoms with Crippen LogP contribution in [0.5, 0.6) is 0 Å². The maximum atomic E-state index is 12.5. The lowest BCUT2D eigenvalue weighted by Crippen LogP contribution is -2.51. The van der Waals surface area contributed by atoms with Gasteiger partial charge in [0.1, 0.15) is 0 Å². The zero-order chi connectivity index (χ0) is 30.0. The van der Waals surface area contributed by atoms with Crippen molar-refractivity contribution in [1.82, 2.24) is 19.4 Å². The van der Waals surface area contributed by atoms with Crippen LogP contribution in [-0.4, -0.2) is 110 Å². The van der Waals surface area contributed by atoms with Gasteiger partial charge in [-0.25, -0.2) is 9.31 Å². The maximum Gasteiger partial charge on any atom is 0.410 e. The quantitative estimate of drug-likeness (QED) is 0.362. The second-order valence-electron chi connectivity index (χ2n) is 11.5. The molecule has 0 saturated carbocycles. The number of hydrogen-bond donors (Lipinski definition) is 0. The molecule has 0 spiro atoms. The number of rotatable bonds is 9. The number of hydrogen-bond acceptors (Lipinski definition) is 8. The van der Waals surface area contributed by atoms with E-state index in [9.17, 15) is 13.6 Å². The average molecular weight is 600 g/mol. The molecule has 1 aromatic carbocycles. The van der Waals surface area contributed by atoms with Crippen molar-refractivity contribution in [2.75, 3.05) is 71.1 Å². The zero-order valence-corrected chi connectivity index (χ0v) is 24.7. The highest BCUT2D eigenvalue weighted by Gasteiger charge is 2.37. The highest BCUT2D eigenvalue weighted by Crippen LogP contribution is 2.38. The lowest BCUT2D eigenvalue weighted by atomic mass is 9.83. The second-order valence-corrected chi connectivity index (χ2v) is 11.5. The fourth-order valence-electron chi connectivity index (χ4n) is 6.27. The molecule has 0 unspecified atom stereocenters. The fourth-order valence-corrected chi connectivity index (χ4v) is 6.27. The molecule has 1 atom stereocenters. The number of piperidine rings is 1. The Kier molecular flexibility index (Phi) is 8.80. The van der Waals surface area contributed by atoms with E-state index < -0.39 is 12.2 Å². The Bertz CT molecular complexity index is 1380. The molecule has 43 heavy (non-hydrogen) atoms. The van der Waals surface area contributed by atoms with Gasteiger partial charge in [-0.1, -0.05) is 24.3 Å². The van der Waals surface area contributed by atoms with Crippen LogP contribution in [-0.2, 0) is 24.5 Å². The molecule has 3 aromatic rings. The van der Waals surface area contributed by atoms with Crippen LogP contribution in [0.2, 0.25) is 0 Å². The number of carbonyl (C=O) groups is 1. The van der Waals surface area contributed by atoms with E-state index in [1.165, 1.54) is 0 Å². The Hall–Kier alpha value is -3.32. The molecule has 12 heteroatoms. The van der Waals surface area contributed by atoms with E-state index >= 15 is 0 Å². The number of benzene rings is 1. The molecule has 0 aliphatic carbocycles. The monoisotopic (exact) mass is 599 g/mol. The Morgan fingerprint density at radius 2 is 1.77 bits per heavy atom. The third-order valence-electron chi connectivity index (χ3n) is 9.07. The van der Waals surface area contributed by atoms with E-state index in [4.69, 9.17) is 14.2 Å². The van der Waals surface area contributed by atoms with Gasteiger partial charge in [-0.3, -0.25) is 4.90 Å². The summed E-state index contributed by atoms with van der Waals surface area (Å²) < 4.78 is 48.0. The van der Waals surface area contributed by atoms with Crippen LogP contribution in [0.3, 0.4) is 0 Å². The highest BCUT2D eigenvalue weighted by atomic mass is 19.3. The Morgan fingerprint density at radius 3 is 2.40 bits per heavy atom. The molecule has 3 aliphatic heterocycles.